The SMILES string of the molecule is CC.CC(C)=N/C=C(\C)C(C)C.CC(C)C1=CCNS1.Cc1csc(C(C)C)n1. The molecule has 0 aromatic carbocycles. The number of thiazole rings is 1. The summed E-state index contributed by atoms with van der Waals surface area (Å²) in [5.41, 5.74) is 3.59. The van der Waals surface area contributed by atoms with E-state index < -0.39 is 0 Å². The summed E-state index contributed by atoms with van der Waals surface area (Å²) in [6.07, 6.45) is 4.19. The first-order chi connectivity index (χ1) is 13.5. The van der Waals surface area contributed by atoms with Gasteiger partial charge in [0.15, 0.2) is 0 Å². The molecule has 29 heavy (non-hydrogen) atoms. The predicted molar refractivity (Wildman–Crippen MR) is 138 cm³/mol. The van der Waals surface area contributed by atoms with Gasteiger partial charge in [-0.25, -0.2) is 4.98 Å². The maximum absolute atomic E-state index is 4.33. The molecule has 0 spiro atoms. The lowest BCUT2D eigenvalue weighted by atomic mass is 10.1. The summed E-state index contributed by atoms with van der Waals surface area (Å²) in [6, 6.07) is 0. The van der Waals surface area contributed by atoms with Crippen molar-refractivity contribution in [3.63, 3.8) is 0 Å². The molecule has 1 N–H and O–H groups in total. The van der Waals surface area contributed by atoms with E-state index in [4.69, 9.17) is 0 Å². The molecule has 2 heterocycles. The summed E-state index contributed by atoms with van der Waals surface area (Å²) in [7, 11) is 0. The molecule has 168 valence electrons. The number of aromatic nitrogens is 1. The largest absolute Gasteiger partial charge is 0.266 e. The molecule has 0 amide bonds. The third kappa shape index (κ3) is 16.6. The summed E-state index contributed by atoms with van der Waals surface area (Å²) < 4.78 is 3.18. The minimum atomic E-state index is 0.587. The summed E-state index contributed by atoms with van der Waals surface area (Å²) in [5.74, 6) is 1.90. The summed E-state index contributed by atoms with van der Waals surface area (Å²) >= 11 is 3.51. The van der Waals surface area contributed by atoms with Crippen LogP contribution in [0, 0.1) is 18.8 Å². The Morgan fingerprint density at radius 2 is 1.66 bits per heavy atom. The lowest BCUT2D eigenvalue weighted by Crippen LogP contribution is -1.93. The molecule has 3 nitrogen and oxygen atoms in total. The standard InChI is InChI=1S/C9H17N.C7H11NS.C6H11NS.C2H6/c1-7(2)9(5)6-10-8(3)4;1-5(2)7-8-6(3)4-9-7;1-5(2)6-3-4-7-8-6;1-2/h6-7H,1-5H3;4-5H,1-3H3;3,5,7H,4H2,1-2H3;1-2H3/b9-6+;;;. The maximum atomic E-state index is 4.33. The average molecular weight is 440 g/mol. The van der Waals surface area contributed by atoms with Crippen LogP contribution >= 0.6 is 23.3 Å². The minimum absolute atomic E-state index is 0.587. The van der Waals surface area contributed by atoms with Gasteiger partial charge in [0, 0.05) is 40.4 Å². The van der Waals surface area contributed by atoms with Crippen LogP contribution in [0.4, 0.5) is 0 Å². The van der Waals surface area contributed by atoms with E-state index >= 15 is 0 Å². The van der Waals surface area contributed by atoms with Crippen molar-refractivity contribution in [1.82, 2.24) is 9.71 Å². The molecule has 0 aliphatic carbocycles. The van der Waals surface area contributed by atoms with E-state index in [9.17, 15) is 0 Å². The second-order valence-electron chi connectivity index (χ2n) is 7.80. The van der Waals surface area contributed by atoms with E-state index in [0.29, 0.717) is 17.8 Å². The van der Waals surface area contributed by atoms with E-state index in [0.717, 1.165) is 18.0 Å². The number of allylic oxidation sites excluding steroid dienone is 2. The zero-order valence-corrected chi connectivity index (χ0v) is 22.5. The number of nitrogens with one attached hydrogen (secondary N) is 1. The van der Waals surface area contributed by atoms with Crippen LogP contribution in [-0.4, -0.2) is 17.2 Å². The Morgan fingerprint density at radius 1 is 1.07 bits per heavy atom. The van der Waals surface area contributed by atoms with Crippen LogP contribution in [0.5, 0.6) is 0 Å². The second kappa shape index (κ2) is 17.9. The average Bonchev–Trinajstić information content (AvgIpc) is 3.34. The Morgan fingerprint density at radius 3 is 1.90 bits per heavy atom. The zero-order valence-electron chi connectivity index (χ0n) is 20.9. The molecule has 1 aromatic rings. The predicted octanol–water partition coefficient (Wildman–Crippen LogP) is 8.41. The van der Waals surface area contributed by atoms with E-state index in [1.807, 2.05) is 40.8 Å². The topological polar surface area (TPSA) is 37.3 Å². The van der Waals surface area contributed by atoms with Crippen LogP contribution in [-0.2, 0) is 0 Å². The normalized spacial score (nSPS) is 13.1. The molecule has 0 saturated carbocycles. The summed E-state index contributed by atoms with van der Waals surface area (Å²) in [4.78, 5) is 10.0. The van der Waals surface area contributed by atoms with Crippen LogP contribution in [0.2, 0.25) is 0 Å². The van der Waals surface area contributed by atoms with Crippen LogP contribution < -0.4 is 4.72 Å². The zero-order chi connectivity index (χ0) is 23.0. The van der Waals surface area contributed by atoms with Crippen molar-refractivity contribution in [2.45, 2.75) is 89.0 Å². The maximum Gasteiger partial charge on any atom is 0.0953 e. The number of nitrogens with zero attached hydrogens (tertiary/aromatic N) is 2. The Balaban J connectivity index is 0. The van der Waals surface area contributed by atoms with Gasteiger partial charge in [0.25, 0.3) is 0 Å². The van der Waals surface area contributed by atoms with E-state index in [1.165, 1.54) is 15.5 Å². The van der Waals surface area contributed by atoms with Crippen molar-refractivity contribution in [3.8, 4) is 0 Å². The quantitative estimate of drug-likeness (QED) is 0.378. The van der Waals surface area contributed by atoms with Crippen LogP contribution in [0.15, 0.2) is 33.1 Å². The molecule has 0 radical (unpaired) electrons. The Labute approximate surface area is 189 Å². The van der Waals surface area contributed by atoms with Gasteiger partial charge in [0.05, 0.1) is 5.01 Å². The number of hydrogen-bond acceptors (Lipinski definition) is 5. The monoisotopic (exact) mass is 439 g/mol. The van der Waals surface area contributed by atoms with Gasteiger partial charge in [-0.1, -0.05) is 67.0 Å². The van der Waals surface area contributed by atoms with Gasteiger partial charge in [-0.05, 0) is 51.5 Å². The molecule has 1 aliphatic rings. The first-order valence-electron chi connectivity index (χ1n) is 10.7. The minimum Gasteiger partial charge on any atom is -0.266 e. The summed E-state index contributed by atoms with van der Waals surface area (Å²) in [6.45, 7) is 26.3. The fourth-order valence-corrected chi connectivity index (χ4v) is 3.23. The van der Waals surface area contributed by atoms with Crippen molar-refractivity contribution in [2.75, 3.05) is 6.54 Å². The molecule has 0 unspecified atom stereocenters. The molecule has 1 aromatic heterocycles. The van der Waals surface area contributed by atoms with Crippen molar-refractivity contribution in [3.05, 3.63) is 38.8 Å². The van der Waals surface area contributed by atoms with Gasteiger partial charge in [0.1, 0.15) is 0 Å². The third-order valence-electron chi connectivity index (χ3n) is 3.71. The van der Waals surface area contributed by atoms with E-state index in [-0.39, 0.29) is 0 Å². The number of rotatable bonds is 4. The molecule has 1 aliphatic heterocycles. The van der Waals surface area contributed by atoms with E-state index in [1.54, 1.807) is 23.3 Å². The number of aliphatic imine (C=N–C) groups is 1. The molecule has 5 heteroatoms. The van der Waals surface area contributed by atoms with Crippen LogP contribution in [0.3, 0.4) is 0 Å². The van der Waals surface area contributed by atoms with E-state index in [2.05, 4.69) is 74.6 Å². The van der Waals surface area contributed by atoms with Crippen molar-refractivity contribution >= 4 is 29.0 Å². The van der Waals surface area contributed by atoms with Crippen molar-refractivity contribution < 1.29 is 0 Å². The molecule has 2 rings (SSSR count). The molecule has 0 atom stereocenters. The van der Waals surface area contributed by atoms with Crippen molar-refractivity contribution in [2.24, 2.45) is 16.8 Å². The third-order valence-corrected chi connectivity index (χ3v) is 6.16. The number of hydrogen-bond donors (Lipinski definition) is 1. The number of aryl methyl sites for hydroxylation is 1. The lowest BCUT2D eigenvalue weighted by molar-refractivity contribution is 0.766. The second-order valence-corrected chi connectivity index (χ2v) is 9.65. The fraction of sp³-hybridized carbons (Fsp3) is 0.667. The molecular formula is C24H45N3S2. The first kappa shape index (κ1) is 30.3. The van der Waals surface area contributed by atoms with Gasteiger partial charge in [-0.2, -0.15) is 0 Å². The summed E-state index contributed by atoms with van der Waals surface area (Å²) in [5, 5.41) is 3.34. The highest BCUT2D eigenvalue weighted by molar-refractivity contribution is 8.01. The smallest absolute Gasteiger partial charge is 0.0953 e. The van der Waals surface area contributed by atoms with Gasteiger partial charge >= 0.3 is 0 Å². The van der Waals surface area contributed by atoms with Gasteiger partial charge in [0.2, 0.25) is 0 Å². The molecular weight excluding hydrogens is 394 g/mol. The Kier molecular flexibility index (Phi) is 18.7. The van der Waals surface area contributed by atoms with Gasteiger partial charge < -0.3 is 0 Å². The Bertz CT molecular complexity index is 620. The fourth-order valence-electron chi connectivity index (χ4n) is 1.68. The lowest BCUT2D eigenvalue weighted by Gasteiger charge is -2.01. The van der Waals surface area contributed by atoms with Crippen molar-refractivity contribution in [1.29, 1.82) is 0 Å². The highest BCUT2D eigenvalue weighted by atomic mass is 32.2. The highest BCUT2D eigenvalue weighted by Crippen LogP contribution is 2.24. The molecule has 0 bridgehead atoms. The highest BCUT2D eigenvalue weighted by Gasteiger charge is 2.07. The first-order valence-corrected chi connectivity index (χ1v) is 12.4. The van der Waals surface area contributed by atoms with Crippen LogP contribution in [0.1, 0.15) is 92.8 Å². The molecule has 0 saturated heterocycles. The van der Waals surface area contributed by atoms with Gasteiger partial charge in [-0.3, -0.25) is 9.71 Å². The Hall–Kier alpha value is -0.910. The van der Waals surface area contributed by atoms with Gasteiger partial charge in [-0.15, -0.1) is 11.3 Å². The molecule has 0 fully saturated rings. The van der Waals surface area contributed by atoms with Crippen LogP contribution in [0.25, 0.3) is 0 Å².